The minimum atomic E-state index is -0.120. The fraction of sp³-hybridized carbons (Fsp3) is 0.444. The number of aliphatic hydroxyl groups is 1. The lowest BCUT2D eigenvalue weighted by Crippen LogP contribution is -2.13. The van der Waals surface area contributed by atoms with Crippen LogP contribution in [0.2, 0.25) is 0 Å². The lowest BCUT2D eigenvalue weighted by molar-refractivity contribution is -0.406. The van der Waals surface area contributed by atoms with E-state index in [1.807, 2.05) is 6.07 Å². The molecule has 0 aliphatic rings. The van der Waals surface area contributed by atoms with Crippen LogP contribution in [0, 0.1) is 11.3 Å². The van der Waals surface area contributed by atoms with Gasteiger partial charge in [0.15, 0.2) is 11.9 Å². The molecule has 0 bridgehead atoms. The minimum Gasteiger partial charge on any atom is -0.472 e. The molecule has 0 saturated heterocycles. The van der Waals surface area contributed by atoms with Gasteiger partial charge in [-0.3, -0.25) is 0 Å². The summed E-state index contributed by atoms with van der Waals surface area (Å²) < 4.78 is 6.79. The number of ether oxygens (including phenoxy) is 1. The van der Waals surface area contributed by atoms with Crippen molar-refractivity contribution in [1.82, 2.24) is 15.5 Å². The van der Waals surface area contributed by atoms with E-state index in [0.29, 0.717) is 11.4 Å². The van der Waals surface area contributed by atoms with Crippen LogP contribution in [0.25, 0.3) is 0 Å². The van der Waals surface area contributed by atoms with Gasteiger partial charge in [-0.2, -0.15) is 10.4 Å². The molecule has 0 radical (unpaired) electrons. The second-order valence-electron chi connectivity index (χ2n) is 2.96. The average molecular weight is 224 g/mol. The number of nitrogens with zero attached hydrogens (tertiary/aromatic N) is 3. The highest BCUT2D eigenvalue weighted by Crippen LogP contribution is 2.23. The number of aromatic nitrogens is 2. The molecule has 0 unspecified atom stereocenters. The largest absolute Gasteiger partial charge is 0.472 e. The van der Waals surface area contributed by atoms with Crippen LogP contribution in [0.4, 0.5) is 5.82 Å². The van der Waals surface area contributed by atoms with Gasteiger partial charge in [0.1, 0.15) is 12.7 Å². The van der Waals surface area contributed by atoms with E-state index in [0.717, 1.165) is 0 Å². The third-order valence-electron chi connectivity index (χ3n) is 1.83. The first kappa shape index (κ1) is 12.0. The number of nitrogens with one attached hydrogen (secondary N) is 2. The molecule has 1 aromatic rings. The highest BCUT2D eigenvalue weighted by molar-refractivity contribution is 5.55. The Morgan fingerprint density at radius 3 is 3.06 bits per heavy atom. The SMILES string of the molecule is CNC=[N+](C)c1[nH]nc(OCCO)c1C#N. The minimum absolute atomic E-state index is 0.110. The molecule has 1 aromatic heterocycles. The zero-order chi connectivity index (χ0) is 12.0. The van der Waals surface area contributed by atoms with Crippen molar-refractivity contribution in [3.8, 4) is 11.9 Å². The molecule has 7 nitrogen and oxygen atoms in total. The van der Waals surface area contributed by atoms with Crippen LogP contribution in [0.1, 0.15) is 5.56 Å². The Morgan fingerprint density at radius 1 is 1.75 bits per heavy atom. The molecule has 0 aliphatic heterocycles. The number of rotatable bonds is 5. The van der Waals surface area contributed by atoms with Crippen molar-refractivity contribution in [2.75, 3.05) is 27.3 Å². The van der Waals surface area contributed by atoms with E-state index in [-0.39, 0.29) is 19.1 Å². The maximum atomic E-state index is 8.99. The number of hydrogen-bond acceptors (Lipinski definition) is 4. The van der Waals surface area contributed by atoms with Crippen molar-refractivity contribution in [3.63, 3.8) is 0 Å². The Kier molecular flexibility index (Phi) is 4.29. The highest BCUT2D eigenvalue weighted by Gasteiger charge is 2.19. The maximum absolute atomic E-state index is 8.99. The first-order chi connectivity index (χ1) is 7.74. The molecule has 0 spiro atoms. The van der Waals surface area contributed by atoms with Crippen molar-refractivity contribution >= 4 is 12.2 Å². The molecule has 0 aromatic carbocycles. The quantitative estimate of drug-likeness (QED) is 0.345. The van der Waals surface area contributed by atoms with E-state index in [2.05, 4.69) is 15.5 Å². The van der Waals surface area contributed by atoms with Gasteiger partial charge in [-0.15, -0.1) is 0 Å². The summed E-state index contributed by atoms with van der Waals surface area (Å²) in [7, 11) is 3.52. The molecule has 0 amide bonds. The van der Waals surface area contributed by atoms with E-state index in [9.17, 15) is 0 Å². The van der Waals surface area contributed by atoms with Crippen LogP contribution in [0.15, 0.2) is 0 Å². The standard InChI is InChI=1S/C9H13N5O2/c1-11-6-14(2)8-7(5-10)9(13-12-8)16-4-3-15/h6,15H,3-4H2,1-2H3,(H,12,13)/p+1. The normalized spacial score (nSPS) is 11.0. The summed E-state index contributed by atoms with van der Waals surface area (Å²) >= 11 is 0. The molecule has 7 heteroatoms. The Balaban J connectivity index is 3.00. The van der Waals surface area contributed by atoms with E-state index >= 15 is 0 Å². The summed E-state index contributed by atoms with van der Waals surface area (Å²) in [5.41, 5.74) is 0.308. The third-order valence-corrected chi connectivity index (χ3v) is 1.83. The number of nitriles is 1. The van der Waals surface area contributed by atoms with Crippen molar-refractivity contribution in [2.24, 2.45) is 0 Å². The topological polar surface area (TPSA) is 97.0 Å². The number of hydrogen-bond donors (Lipinski definition) is 3. The first-order valence-corrected chi connectivity index (χ1v) is 4.70. The lowest BCUT2D eigenvalue weighted by Gasteiger charge is -1.98. The summed E-state index contributed by atoms with van der Waals surface area (Å²) in [6, 6.07) is 2.00. The van der Waals surface area contributed by atoms with Crippen molar-refractivity contribution in [2.45, 2.75) is 0 Å². The molecule has 1 rings (SSSR count). The molecule has 0 atom stereocenters. The van der Waals surface area contributed by atoms with E-state index in [1.165, 1.54) is 0 Å². The first-order valence-electron chi connectivity index (χ1n) is 4.70. The Morgan fingerprint density at radius 2 is 2.50 bits per heavy atom. The van der Waals surface area contributed by atoms with Crippen molar-refractivity contribution in [3.05, 3.63) is 5.56 Å². The summed E-state index contributed by atoms with van der Waals surface area (Å²) in [5.74, 6) is 0.729. The number of aromatic amines is 1. The summed E-state index contributed by atoms with van der Waals surface area (Å²) in [6.07, 6.45) is 1.67. The molecule has 3 N–H and O–H groups in total. The third kappa shape index (κ3) is 2.49. The molecule has 1 heterocycles. The van der Waals surface area contributed by atoms with Crippen LogP contribution in [0.5, 0.6) is 5.88 Å². The molecule has 0 aliphatic carbocycles. The van der Waals surface area contributed by atoms with Crippen LogP contribution < -0.4 is 10.1 Å². The second-order valence-corrected chi connectivity index (χ2v) is 2.96. The smallest absolute Gasteiger partial charge is 0.271 e. The fourth-order valence-corrected chi connectivity index (χ4v) is 1.18. The van der Waals surface area contributed by atoms with E-state index < -0.39 is 0 Å². The zero-order valence-corrected chi connectivity index (χ0v) is 9.19. The van der Waals surface area contributed by atoms with Gasteiger partial charge >= 0.3 is 0 Å². The Labute approximate surface area is 93.0 Å². The maximum Gasteiger partial charge on any atom is 0.271 e. The molecule has 16 heavy (non-hydrogen) atoms. The van der Waals surface area contributed by atoms with Gasteiger partial charge in [-0.1, -0.05) is 5.10 Å². The molecule has 86 valence electrons. The van der Waals surface area contributed by atoms with Gasteiger partial charge in [0.05, 0.1) is 13.7 Å². The molecule has 0 saturated carbocycles. The van der Waals surface area contributed by atoms with Crippen molar-refractivity contribution in [1.29, 1.82) is 5.26 Å². The van der Waals surface area contributed by atoms with Crippen LogP contribution in [-0.4, -0.2) is 53.5 Å². The van der Waals surface area contributed by atoms with E-state index in [4.69, 9.17) is 15.1 Å². The predicted octanol–water partition coefficient (Wildman–Crippen LogP) is -0.826. The fourth-order valence-electron chi connectivity index (χ4n) is 1.18. The van der Waals surface area contributed by atoms with Gasteiger partial charge in [-0.25, -0.2) is 4.58 Å². The highest BCUT2D eigenvalue weighted by atomic mass is 16.5. The lowest BCUT2D eigenvalue weighted by atomic mass is 10.3. The predicted molar refractivity (Wildman–Crippen MR) is 56.9 cm³/mol. The summed E-state index contributed by atoms with van der Waals surface area (Å²) in [5, 5.41) is 27.0. The van der Waals surface area contributed by atoms with Crippen molar-refractivity contribution < 1.29 is 14.4 Å². The van der Waals surface area contributed by atoms with Gasteiger partial charge in [0.25, 0.3) is 11.7 Å². The number of aliphatic hydroxyl groups excluding tert-OH is 1. The van der Waals surface area contributed by atoms with E-state index in [1.54, 1.807) is 25.0 Å². The monoisotopic (exact) mass is 224 g/mol. The summed E-state index contributed by atoms with van der Waals surface area (Å²) in [4.78, 5) is 0. The second kappa shape index (κ2) is 5.72. The Hall–Kier alpha value is -2.07. The molecular formula is C9H14N5O2+. The molecular weight excluding hydrogens is 210 g/mol. The molecule has 0 fully saturated rings. The Bertz CT molecular complexity index is 418. The van der Waals surface area contributed by atoms with Crippen LogP contribution in [0.3, 0.4) is 0 Å². The van der Waals surface area contributed by atoms with Gasteiger partial charge in [-0.05, 0) is 0 Å². The average Bonchev–Trinajstić information content (AvgIpc) is 2.69. The van der Waals surface area contributed by atoms with Gasteiger partial charge in [0, 0.05) is 7.05 Å². The van der Waals surface area contributed by atoms with Crippen LogP contribution >= 0.6 is 0 Å². The van der Waals surface area contributed by atoms with Gasteiger partial charge in [0.2, 0.25) is 0 Å². The zero-order valence-electron chi connectivity index (χ0n) is 9.19. The number of H-pyrrole nitrogens is 1. The van der Waals surface area contributed by atoms with Crippen LogP contribution in [-0.2, 0) is 0 Å². The van der Waals surface area contributed by atoms with Gasteiger partial charge < -0.3 is 15.2 Å². The summed E-state index contributed by atoms with van der Waals surface area (Å²) in [6.45, 7) is -0.00995.